The summed E-state index contributed by atoms with van der Waals surface area (Å²) in [7, 11) is 0. The molecule has 0 spiro atoms. The molecule has 142 valence electrons. The van der Waals surface area contributed by atoms with E-state index in [4.69, 9.17) is 0 Å². The van der Waals surface area contributed by atoms with Crippen LogP contribution in [0.15, 0.2) is 89.4 Å². The van der Waals surface area contributed by atoms with E-state index in [-0.39, 0.29) is 11.6 Å². The van der Waals surface area contributed by atoms with Gasteiger partial charge in [-0.05, 0) is 76.2 Å². The molecule has 0 saturated heterocycles. The van der Waals surface area contributed by atoms with Crippen LogP contribution in [-0.2, 0) is 5.41 Å². The van der Waals surface area contributed by atoms with E-state index >= 15 is 0 Å². The third-order valence-corrected chi connectivity index (χ3v) is 6.39. The Hall–Kier alpha value is -2.91. The van der Waals surface area contributed by atoms with E-state index in [2.05, 4.69) is 46.3 Å². The van der Waals surface area contributed by atoms with Gasteiger partial charge in [0.05, 0.1) is 5.41 Å². The molecule has 5 rings (SSSR count). The third-order valence-electron chi connectivity index (χ3n) is 5.90. The topological polar surface area (TPSA) is 20.2 Å². The van der Waals surface area contributed by atoms with Crippen LogP contribution >= 0.6 is 15.9 Å². The predicted molar refractivity (Wildman–Crippen MR) is 118 cm³/mol. The van der Waals surface area contributed by atoms with Gasteiger partial charge in [-0.15, -0.1) is 0 Å². The Balaban J connectivity index is 1.97. The molecule has 0 bridgehead atoms. The van der Waals surface area contributed by atoms with E-state index in [9.17, 15) is 9.50 Å². The molecule has 0 fully saturated rings. The normalized spacial score (nSPS) is 17.1. The number of phenols is 1. The molecule has 1 N–H and O–H groups in total. The van der Waals surface area contributed by atoms with Crippen LogP contribution < -0.4 is 0 Å². The van der Waals surface area contributed by atoms with E-state index in [1.807, 2.05) is 36.4 Å². The van der Waals surface area contributed by atoms with Crippen LogP contribution in [0.2, 0.25) is 0 Å². The molecule has 4 aromatic rings. The molecule has 0 amide bonds. The Kier molecular flexibility index (Phi) is 4.11. The second-order valence-corrected chi connectivity index (χ2v) is 8.41. The van der Waals surface area contributed by atoms with Gasteiger partial charge in [0.1, 0.15) is 11.6 Å². The minimum atomic E-state index is -0.595. The lowest BCUT2D eigenvalue weighted by atomic mass is 9.67. The molecule has 1 aliphatic carbocycles. The van der Waals surface area contributed by atoms with E-state index in [1.165, 1.54) is 11.1 Å². The van der Waals surface area contributed by atoms with Crippen molar-refractivity contribution in [3.05, 3.63) is 123 Å². The first kappa shape index (κ1) is 18.1. The zero-order valence-electron chi connectivity index (χ0n) is 15.8. The van der Waals surface area contributed by atoms with Gasteiger partial charge in [0.2, 0.25) is 0 Å². The van der Waals surface area contributed by atoms with E-state index in [0.29, 0.717) is 5.56 Å². The minimum Gasteiger partial charge on any atom is -0.508 e. The van der Waals surface area contributed by atoms with Gasteiger partial charge in [-0.2, -0.15) is 0 Å². The van der Waals surface area contributed by atoms with Crippen LogP contribution in [0, 0.1) is 12.7 Å². The standard InChI is InChI=1S/C26H18BrFO/c1-16-14-18(8-13-25(16)28)26(17-6-10-20(29)11-7-17)23-5-3-2-4-21(23)22-12-9-19(27)15-24(22)26/h2-15,29H,1H3. The summed E-state index contributed by atoms with van der Waals surface area (Å²) in [5.74, 6) is 0.00953. The van der Waals surface area contributed by atoms with Crippen molar-refractivity contribution in [3.63, 3.8) is 0 Å². The summed E-state index contributed by atoms with van der Waals surface area (Å²) in [5.41, 5.74) is 6.69. The summed E-state index contributed by atoms with van der Waals surface area (Å²) in [5, 5.41) is 9.91. The van der Waals surface area contributed by atoms with Gasteiger partial charge in [0.15, 0.2) is 0 Å². The largest absolute Gasteiger partial charge is 0.508 e. The van der Waals surface area contributed by atoms with Crippen LogP contribution in [0.4, 0.5) is 4.39 Å². The third kappa shape index (κ3) is 2.57. The molecule has 1 unspecified atom stereocenters. The van der Waals surface area contributed by atoms with E-state index in [1.54, 1.807) is 25.1 Å². The molecule has 3 heteroatoms. The van der Waals surface area contributed by atoms with E-state index in [0.717, 1.165) is 26.7 Å². The van der Waals surface area contributed by atoms with Crippen molar-refractivity contribution in [1.82, 2.24) is 0 Å². The molecule has 1 aliphatic rings. The van der Waals surface area contributed by atoms with Crippen LogP contribution in [0.3, 0.4) is 0 Å². The van der Waals surface area contributed by atoms with Crippen molar-refractivity contribution in [1.29, 1.82) is 0 Å². The van der Waals surface area contributed by atoms with Gasteiger partial charge in [-0.25, -0.2) is 4.39 Å². The summed E-state index contributed by atoms with van der Waals surface area (Å²) in [6.45, 7) is 1.80. The lowest BCUT2D eigenvalue weighted by molar-refractivity contribution is 0.475. The van der Waals surface area contributed by atoms with Crippen molar-refractivity contribution in [2.24, 2.45) is 0 Å². The Morgan fingerprint density at radius 3 is 2.21 bits per heavy atom. The smallest absolute Gasteiger partial charge is 0.126 e. The highest BCUT2D eigenvalue weighted by Gasteiger charge is 2.46. The fourth-order valence-corrected chi connectivity index (χ4v) is 4.99. The number of phenolic OH excluding ortho intramolecular Hbond substituents is 1. The van der Waals surface area contributed by atoms with Gasteiger partial charge in [-0.3, -0.25) is 0 Å². The van der Waals surface area contributed by atoms with Gasteiger partial charge in [0.25, 0.3) is 0 Å². The average Bonchev–Trinajstić information content (AvgIpc) is 3.01. The number of aromatic hydroxyl groups is 1. The van der Waals surface area contributed by atoms with Crippen LogP contribution in [-0.4, -0.2) is 5.11 Å². The summed E-state index contributed by atoms with van der Waals surface area (Å²) < 4.78 is 15.2. The number of halogens is 2. The van der Waals surface area contributed by atoms with Gasteiger partial charge in [0, 0.05) is 4.47 Å². The number of rotatable bonds is 2. The number of aryl methyl sites for hydroxylation is 1. The van der Waals surface area contributed by atoms with Crippen molar-refractivity contribution >= 4 is 15.9 Å². The molecular formula is C26H18BrFO. The first-order chi connectivity index (χ1) is 14.0. The SMILES string of the molecule is Cc1cc(C2(c3ccc(O)cc3)c3ccccc3-c3ccc(Br)cc32)ccc1F. The number of hydrogen-bond donors (Lipinski definition) is 1. The van der Waals surface area contributed by atoms with Crippen molar-refractivity contribution in [2.75, 3.05) is 0 Å². The highest BCUT2D eigenvalue weighted by Crippen LogP contribution is 2.56. The monoisotopic (exact) mass is 444 g/mol. The lowest BCUT2D eigenvalue weighted by Crippen LogP contribution is -2.28. The highest BCUT2D eigenvalue weighted by molar-refractivity contribution is 9.10. The lowest BCUT2D eigenvalue weighted by Gasteiger charge is -2.34. The first-order valence-corrected chi connectivity index (χ1v) is 10.3. The molecule has 29 heavy (non-hydrogen) atoms. The predicted octanol–water partition coefficient (Wildman–Crippen LogP) is 6.97. The molecular weight excluding hydrogens is 427 g/mol. The van der Waals surface area contributed by atoms with Crippen molar-refractivity contribution < 1.29 is 9.50 Å². The minimum absolute atomic E-state index is 0.213. The molecule has 1 atom stereocenters. The van der Waals surface area contributed by atoms with Gasteiger partial charge < -0.3 is 5.11 Å². The van der Waals surface area contributed by atoms with Crippen LogP contribution in [0.5, 0.6) is 5.75 Å². The van der Waals surface area contributed by atoms with Crippen molar-refractivity contribution in [2.45, 2.75) is 12.3 Å². The van der Waals surface area contributed by atoms with Crippen molar-refractivity contribution in [3.8, 4) is 16.9 Å². The molecule has 4 aromatic carbocycles. The quantitative estimate of drug-likeness (QED) is 0.311. The average molecular weight is 445 g/mol. The molecule has 1 nitrogen and oxygen atoms in total. The van der Waals surface area contributed by atoms with E-state index < -0.39 is 5.41 Å². The zero-order valence-corrected chi connectivity index (χ0v) is 17.4. The number of fused-ring (bicyclic) bond motifs is 3. The summed E-state index contributed by atoms with van der Waals surface area (Å²) in [6.07, 6.45) is 0. The van der Waals surface area contributed by atoms with Crippen LogP contribution in [0.1, 0.15) is 27.8 Å². The van der Waals surface area contributed by atoms with Crippen LogP contribution in [0.25, 0.3) is 11.1 Å². The molecule has 0 aromatic heterocycles. The Morgan fingerprint density at radius 1 is 0.759 bits per heavy atom. The zero-order chi connectivity index (χ0) is 20.2. The van der Waals surface area contributed by atoms with Gasteiger partial charge >= 0.3 is 0 Å². The maximum Gasteiger partial charge on any atom is 0.126 e. The summed E-state index contributed by atoms with van der Waals surface area (Å²) in [4.78, 5) is 0. The maximum atomic E-state index is 14.2. The Bertz CT molecular complexity index is 1250. The second kappa shape index (κ2) is 6.57. The fraction of sp³-hybridized carbons (Fsp3) is 0.0769. The number of hydrogen-bond acceptors (Lipinski definition) is 1. The first-order valence-electron chi connectivity index (χ1n) is 9.48. The maximum absolute atomic E-state index is 14.2. The Labute approximate surface area is 177 Å². The Morgan fingerprint density at radius 2 is 1.45 bits per heavy atom. The molecule has 0 radical (unpaired) electrons. The molecule has 0 aliphatic heterocycles. The molecule has 0 heterocycles. The summed E-state index contributed by atoms with van der Waals surface area (Å²) in [6, 6.07) is 27.4. The highest BCUT2D eigenvalue weighted by atomic mass is 79.9. The second-order valence-electron chi connectivity index (χ2n) is 7.50. The fourth-order valence-electron chi connectivity index (χ4n) is 4.63. The molecule has 0 saturated carbocycles. The van der Waals surface area contributed by atoms with Gasteiger partial charge in [-0.1, -0.05) is 70.5 Å². The summed E-state index contributed by atoms with van der Waals surface area (Å²) >= 11 is 3.64. The number of benzene rings is 4.